The topological polar surface area (TPSA) is 55.8 Å². The lowest BCUT2D eigenvalue weighted by Crippen LogP contribution is -2.16. The number of phenols is 1. The minimum Gasteiger partial charge on any atom is -0.505 e. The molecule has 0 aliphatic carbocycles. The number of phenolic OH excluding ortho intramolecular Hbond substituents is 1. The second kappa shape index (κ2) is 3.38. The highest BCUT2D eigenvalue weighted by Crippen LogP contribution is 2.42. The Kier molecular flexibility index (Phi) is 2.21. The molecule has 0 amide bonds. The number of rotatable bonds is 1. The zero-order chi connectivity index (χ0) is 10.1. The molecule has 1 aliphatic heterocycles. The minimum atomic E-state index is -0.272. The summed E-state index contributed by atoms with van der Waals surface area (Å²) >= 11 is 5.69. The summed E-state index contributed by atoms with van der Waals surface area (Å²) in [7, 11) is 0. The van der Waals surface area contributed by atoms with E-state index < -0.39 is 0 Å². The van der Waals surface area contributed by atoms with Crippen molar-refractivity contribution in [3.05, 3.63) is 16.7 Å². The highest BCUT2D eigenvalue weighted by molar-refractivity contribution is 6.32. The number of carbonyl (C=O) groups is 1. The maximum atomic E-state index is 10.7. The lowest BCUT2D eigenvalue weighted by Gasteiger charge is -2.20. The second-order valence-electron chi connectivity index (χ2n) is 2.76. The summed E-state index contributed by atoms with van der Waals surface area (Å²) in [6.45, 7) is 0.765. The van der Waals surface area contributed by atoms with Crippen LogP contribution in [-0.2, 0) is 0 Å². The molecular formula is C9H7ClO4. The van der Waals surface area contributed by atoms with Crippen LogP contribution >= 0.6 is 11.6 Å². The van der Waals surface area contributed by atoms with Crippen molar-refractivity contribution in [3.8, 4) is 17.2 Å². The van der Waals surface area contributed by atoms with E-state index in [1.54, 1.807) is 0 Å². The van der Waals surface area contributed by atoms with Crippen molar-refractivity contribution >= 4 is 17.9 Å². The highest BCUT2D eigenvalue weighted by Gasteiger charge is 2.21. The van der Waals surface area contributed by atoms with Crippen LogP contribution in [0.25, 0.3) is 0 Å². The van der Waals surface area contributed by atoms with Crippen molar-refractivity contribution in [1.29, 1.82) is 0 Å². The zero-order valence-corrected chi connectivity index (χ0v) is 7.87. The second-order valence-corrected chi connectivity index (χ2v) is 3.17. The summed E-state index contributed by atoms with van der Waals surface area (Å²) in [5.41, 5.74) is 0.0344. The van der Waals surface area contributed by atoms with Gasteiger partial charge in [0, 0.05) is 6.07 Å². The zero-order valence-electron chi connectivity index (χ0n) is 7.12. The molecule has 0 aromatic heterocycles. The molecule has 1 aliphatic rings. The Balaban J connectivity index is 2.65. The summed E-state index contributed by atoms with van der Waals surface area (Å²) in [6.07, 6.45) is 0.495. The third-order valence-corrected chi connectivity index (χ3v) is 2.20. The Morgan fingerprint density at radius 3 is 2.86 bits per heavy atom. The van der Waals surface area contributed by atoms with Crippen molar-refractivity contribution in [2.75, 3.05) is 13.2 Å². The molecule has 5 heteroatoms. The summed E-state index contributed by atoms with van der Waals surface area (Å²) in [5, 5.41) is 9.53. The van der Waals surface area contributed by atoms with Crippen molar-refractivity contribution in [3.63, 3.8) is 0 Å². The summed E-state index contributed by atoms with van der Waals surface area (Å²) < 4.78 is 10.4. The molecule has 1 heterocycles. The maximum Gasteiger partial charge on any atom is 0.175 e. The average molecular weight is 215 g/mol. The van der Waals surface area contributed by atoms with Crippen molar-refractivity contribution < 1.29 is 19.4 Å². The number of aromatic hydroxyl groups is 1. The Morgan fingerprint density at radius 1 is 1.43 bits per heavy atom. The molecule has 1 N–H and O–H groups in total. The van der Waals surface area contributed by atoms with Gasteiger partial charge in [-0.25, -0.2) is 0 Å². The van der Waals surface area contributed by atoms with E-state index in [1.807, 2.05) is 0 Å². The van der Waals surface area contributed by atoms with Gasteiger partial charge < -0.3 is 14.6 Å². The first-order valence-electron chi connectivity index (χ1n) is 4.00. The number of hydrogen-bond donors (Lipinski definition) is 1. The van der Waals surface area contributed by atoms with E-state index in [0.717, 1.165) is 0 Å². The van der Waals surface area contributed by atoms with Crippen LogP contribution in [0.2, 0.25) is 5.02 Å². The lowest BCUT2D eigenvalue weighted by molar-refractivity contribution is 0.110. The van der Waals surface area contributed by atoms with Crippen LogP contribution in [0.15, 0.2) is 6.07 Å². The third-order valence-electron chi connectivity index (χ3n) is 1.91. The Bertz CT molecular complexity index is 389. The van der Waals surface area contributed by atoms with Gasteiger partial charge in [0.2, 0.25) is 0 Å². The molecule has 1 aromatic rings. The van der Waals surface area contributed by atoms with Crippen LogP contribution in [0, 0.1) is 0 Å². The fraction of sp³-hybridized carbons (Fsp3) is 0.222. The molecule has 0 radical (unpaired) electrons. The fourth-order valence-electron chi connectivity index (χ4n) is 1.28. The van der Waals surface area contributed by atoms with Gasteiger partial charge in [-0.05, 0) is 0 Å². The first-order valence-corrected chi connectivity index (χ1v) is 4.38. The summed E-state index contributed by atoms with van der Waals surface area (Å²) in [6, 6.07) is 1.43. The monoisotopic (exact) mass is 214 g/mol. The number of fused-ring (bicyclic) bond motifs is 1. The molecule has 0 atom stereocenters. The van der Waals surface area contributed by atoms with E-state index in [0.29, 0.717) is 25.2 Å². The van der Waals surface area contributed by atoms with Crippen molar-refractivity contribution in [2.45, 2.75) is 0 Å². The van der Waals surface area contributed by atoms with Crippen molar-refractivity contribution in [2.24, 2.45) is 0 Å². The Hall–Kier alpha value is -1.42. The summed E-state index contributed by atoms with van der Waals surface area (Å²) in [5.74, 6) is 0.375. The molecule has 0 fully saturated rings. The third kappa shape index (κ3) is 1.28. The number of carbonyl (C=O) groups excluding carboxylic acids is 1. The number of benzene rings is 1. The number of ether oxygens (including phenoxy) is 2. The van der Waals surface area contributed by atoms with Gasteiger partial charge in [0.1, 0.15) is 24.5 Å². The molecule has 0 unspecified atom stereocenters. The van der Waals surface area contributed by atoms with E-state index in [1.165, 1.54) is 6.07 Å². The maximum absolute atomic E-state index is 10.7. The van der Waals surface area contributed by atoms with Crippen LogP contribution < -0.4 is 9.47 Å². The van der Waals surface area contributed by atoms with Gasteiger partial charge in [-0.15, -0.1) is 0 Å². The molecule has 74 valence electrons. The molecule has 14 heavy (non-hydrogen) atoms. The molecule has 2 rings (SSSR count). The highest BCUT2D eigenvalue weighted by atomic mass is 35.5. The first-order chi connectivity index (χ1) is 6.74. The van der Waals surface area contributed by atoms with E-state index in [4.69, 9.17) is 21.1 Å². The Morgan fingerprint density at radius 2 is 2.14 bits per heavy atom. The lowest BCUT2D eigenvalue weighted by atomic mass is 10.1. The number of halogens is 1. The van der Waals surface area contributed by atoms with Crippen LogP contribution in [0.3, 0.4) is 0 Å². The summed E-state index contributed by atoms with van der Waals surface area (Å²) in [4.78, 5) is 10.7. The van der Waals surface area contributed by atoms with Gasteiger partial charge in [0.05, 0.1) is 5.02 Å². The van der Waals surface area contributed by atoms with Crippen molar-refractivity contribution in [1.82, 2.24) is 0 Å². The van der Waals surface area contributed by atoms with Gasteiger partial charge in [0.25, 0.3) is 0 Å². The predicted octanol–water partition coefficient (Wildman–Crippen LogP) is 1.63. The fourth-order valence-corrected chi connectivity index (χ4v) is 1.48. The van der Waals surface area contributed by atoms with E-state index >= 15 is 0 Å². The number of hydrogen-bond acceptors (Lipinski definition) is 4. The predicted molar refractivity (Wildman–Crippen MR) is 49.5 cm³/mol. The molecule has 0 spiro atoms. The Labute approximate surface area is 85.0 Å². The molecule has 0 saturated heterocycles. The van der Waals surface area contributed by atoms with Crippen LogP contribution in [0.4, 0.5) is 0 Å². The van der Waals surface area contributed by atoms with Gasteiger partial charge in [-0.2, -0.15) is 0 Å². The molecule has 4 nitrogen and oxygen atoms in total. The van der Waals surface area contributed by atoms with E-state index in [9.17, 15) is 9.90 Å². The largest absolute Gasteiger partial charge is 0.505 e. The van der Waals surface area contributed by atoms with Crippen LogP contribution in [0.1, 0.15) is 10.4 Å². The normalized spacial score (nSPS) is 13.8. The SMILES string of the molecule is O=Cc1c(O)c(Cl)cc2c1OCCO2. The first kappa shape index (κ1) is 9.15. The quantitative estimate of drug-likeness (QED) is 0.722. The van der Waals surface area contributed by atoms with Crippen LogP contribution in [0.5, 0.6) is 17.2 Å². The van der Waals surface area contributed by atoms with Gasteiger partial charge in [-0.3, -0.25) is 4.79 Å². The van der Waals surface area contributed by atoms with E-state index in [-0.39, 0.29) is 22.1 Å². The van der Waals surface area contributed by atoms with Gasteiger partial charge in [-0.1, -0.05) is 11.6 Å². The molecule has 0 saturated carbocycles. The molecule has 0 bridgehead atoms. The molecular weight excluding hydrogens is 208 g/mol. The number of aldehydes is 1. The molecule has 1 aromatic carbocycles. The van der Waals surface area contributed by atoms with Crippen LogP contribution in [-0.4, -0.2) is 24.6 Å². The van der Waals surface area contributed by atoms with Gasteiger partial charge >= 0.3 is 0 Å². The van der Waals surface area contributed by atoms with E-state index in [2.05, 4.69) is 0 Å². The standard InChI is InChI=1S/C9H7ClO4/c10-6-3-7-9(14-2-1-13-7)5(4-11)8(6)12/h3-4,12H,1-2H2. The van der Waals surface area contributed by atoms with Gasteiger partial charge in [0.15, 0.2) is 17.8 Å². The smallest absolute Gasteiger partial charge is 0.175 e. The minimum absolute atomic E-state index is 0.0344. The average Bonchev–Trinajstić information content (AvgIpc) is 2.20.